The van der Waals surface area contributed by atoms with Gasteiger partial charge < -0.3 is 15.5 Å². The maximum absolute atomic E-state index is 12.6. The van der Waals surface area contributed by atoms with Crippen LogP contribution in [0.15, 0.2) is 24.3 Å². The van der Waals surface area contributed by atoms with Gasteiger partial charge in [0.1, 0.15) is 5.82 Å². The molecule has 0 saturated carbocycles. The number of benzene rings is 1. The van der Waals surface area contributed by atoms with Crippen molar-refractivity contribution < 1.29 is 9.18 Å². The molecule has 1 aromatic carbocycles. The summed E-state index contributed by atoms with van der Waals surface area (Å²) in [5, 5.41) is 5.62. The number of carbonyl (C=O) groups is 1. The molecule has 5 heteroatoms. The standard InChI is InChI=1S/C11H16FN3O/c1-13-7-8-15(2)11(16)14-10-5-3-9(12)4-6-10/h3-6,13H,7-8H2,1-2H3,(H,14,16). The van der Waals surface area contributed by atoms with E-state index in [1.54, 1.807) is 11.9 Å². The van der Waals surface area contributed by atoms with Crippen LogP contribution in [0.4, 0.5) is 14.9 Å². The molecule has 1 aromatic rings. The molecule has 4 nitrogen and oxygen atoms in total. The Bertz CT molecular complexity index is 340. The van der Waals surface area contributed by atoms with Crippen molar-refractivity contribution in [1.29, 1.82) is 0 Å². The van der Waals surface area contributed by atoms with Crippen molar-refractivity contribution in [2.24, 2.45) is 0 Å². The molecule has 0 aliphatic rings. The minimum Gasteiger partial charge on any atom is -0.326 e. The van der Waals surface area contributed by atoms with Crippen LogP contribution in [-0.4, -0.2) is 38.1 Å². The second-order valence-corrected chi connectivity index (χ2v) is 3.46. The number of likely N-dealkylation sites (N-methyl/N-ethyl adjacent to an activating group) is 2. The number of halogens is 1. The molecule has 0 atom stereocenters. The molecule has 0 saturated heterocycles. The van der Waals surface area contributed by atoms with Gasteiger partial charge in [-0.3, -0.25) is 0 Å². The van der Waals surface area contributed by atoms with E-state index in [2.05, 4.69) is 10.6 Å². The number of urea groups is 1. The fourth-order valence-corrected chi connectivity index (χ4v) is 1.13. The molecular weight excluding hydrogens is 209 g/mol. The Morgan fingerprint density at radius 1 is 1.38 bits per heavy atom. The van der Waals surface area contributed by atoms with Gasteiger partial charge in [-0.1, -0.05) is 0 Å². The monoisotopic (exact) mass is 225 g/mol. The first-order valence-corrected chi connectivity index (χ1v) is 5.06. The van der Waals surface area contributed by atoms with Gasteiger partial charge in [0.2, 0.25) is 0 Å². The third-order valence-electron chi connectivity index (χ3n) is 2.14. The van der Waals surface area contributed by atoms with Gasteiger partial charge in [0.15, 0.2) is 0 Å². The fourth-order valence-electron chi connectivity index (χ4n) is 1.13. The highest BCUT2D eigenvalue weighted by Crippen LogP contribution is 2.08. The highest BCUT2D eigenvalue weighted by molar-refractivity contribution is 5.89. The second-order valence-electron chi connectivity index (χ2n) is 3.46. The van der Waals surface area contributed by atoms with Gasteiger partial charge in [-0.15, -0.1) is 0 Å². The van der Waals surface area contributed by atoms with E-state index < -0.39 is 0 Å². The Kier molecular flexibility index (Phi) is 4.72. The van der Waals surface area contributed by atoms with Gasteiger partial charge in [0.25, 0.3) is 0 Å². The van der Waals surface area contributed by atoms with Gasteiger partial charge in [0, 0.05) is 25.8 Å². The number of carbonyl (C=O) groups excluding carboxylic acids is 1. The molecule has 2 amide bonds. The van der Waals surface area contributed by atoms with Crippen LogP contribution in [0.5, 0.6) is 0 Å². The SMILES string of the molecule is CNCCN(C)C(=O)Nc1ccc(F)cc1. The van der Waals surface area contributed by atoms with Gasteiger partial charge in [-0.05, 0) is 31.3 Å². The molecule has 0 unspecified atom stereocenters. The van der Waals surface area contributed by atoms with E-state index in [-0.39, 0.29) is 11.8 Å². The normalized spacial score (nSPS) is 9.94. The Morgan fingerprint density at radius 3 is 2.56 bits per heavy atom. The molecule has 0 aliphatic heterocycles. The molecule has 2 N–H and O–H groups in total. The number of nitrogens with zero attached hydrogens (tertiary/aromatic N) is 1. The predicted octanol–water partition coefficient (Wildman–Crippen LogP) is 1.51. The highest BCUT2D eigenvalue weighted by Gasteiger charge is 2.07. The van der Waals surface area contributed by atoms with Crippen molar-refractivity contribution in [3.8, 4) is 0 Å². The summed E-state index contributed by atoms with van der Waals surface area (Å²) in [5.74, 6) is -0.318. The summed E-state index contributed by atoms with van der Waals surface area (Å²) in [4.78, 5) is 13.2. The molecule has 0 fully saturated rings. The topological polar surface area (TPSA) is 44.4 Å². The summed E-state index contributed by atoms with van der Waals surface area (Å²) in [5.41, 5.74) is 0.586. The van der Waals surface area contributed by atoms with Gasteiger partial charge in [0.05, 0.1) is 0 Å². The van der Waals surface area contributed by atoms with Crippen LogP contribution < -0.4 is 10.6 Å². The van der Waals surface area contributed by atoms with E-state index in [0.717, 1.165) is 6.54 Å². The molecule has 0 aromatic heterocycles. The Labute approximate surface area is 94.4 Å². The lowest BCUT2D eigenvalue weighted by Crippen LogP contribution is -2.35. The summed E-state index contributed by atoms with van der Waals surface area (Å²) in [6.45, 7) is 1.34. The van der Waals surface area contributed by atoms with Crippen LogP contribution in [0, 0.1) is 5.82 Å². The summed E-state index contributed by atoms with van der Waals surface area (Å²) < 4.78 is 12.6. The summed E-state index contributed by atoms with van der Waals surface area (Å²) in [6.07, 6.45) is 0. The molecule has 0 bridgehead atoms. The zero-order valence-corrected chi connectivity index (χ0v) is 9.46. The second kappa shape index (κ2) is 6.07. The number of hydrogen-bond acceptors (Lipinski definition) is 2. The van der Waals surface area contributed by atoms with Crippen molar-refractivity contribution in [2.45, 2.75) is 0 Å². The molecule has 88 valence electrons. The first-order chi connectivity index (χ1) is 7.63. The van der Waals surface area contributed by atoms with Crippen LogP contribution >= 0.6 is 0 Å². The van der Waals surface area contributed by atoms with Crippen molar-refractivity contribution in [1.82, 2.24) is 10.2 Å². The van der Waals surface area contributed by atoms with E-state index in [1.165, 1.54) is 24.3 Å². The third kappa shape index (κ3) is 3.86. The van der Waals surface area contributed by atoms with E-state index in [0.29, 0.717) is 12.2 Å². The van der Waals surface area contributed by atoms with Gasteiger partial charge in [-0.25, -0.2) is 9.18 Å². The van der Waals surface area contributed by atoms with E-state index >= 15 is 0 Å². The fraction of sp³-hybridized carbons (Fsp3) is 0.364. The molecule has 16 heavy (non-hydrogen) atoms. The quantitative estimate of drug-likeness (QED) is 0.815. The van der Waals surface area contributed by atoms with Crippen molar-refractivity contribution in [3.05, 3.63) is 30.1 Å². The number of nitrogens with one attached hydrogen (secondary N) is 2. The van der Waals surface area contributed by atoms with Crippen molar-refractivity contribution >= 4 is 11.7 Å². The van der Waals surface area contributed by atoms with Crippen molar-refractivity contribution in [2.75, 3.05) is 32.5 Å². The lowest BCUT2D eigenvalue weighted by molar-refractivity contribution is 0.223. The minimum absolute atomic E-state index is 0.207. The highest BCUT2D eigenvalue weighted by atomic mass is 19.1. The Balaban J connectivity index is 2.47. The summed E-state index contributed by atoms with van der Waals surface area (Å²) in [7, 11) is 3.53. The largest absolute Gasteiger partial charge is 0.326 e. The average Bonchev–Trinajstić information content (AvgIpc) is 2.29. The van der Waals surface area contributed by atoms with Crippen LogP contribution in [-0.2, 0) is 0 Å². The molecule has 0 heterocycles. The lowest BCUT2D eigenvalue weighted by Gasteiger charge is -2.17. The van der Waals surface area contributed by atoms with E-state index in [1.807, 2.05) is 7.05 Å². The predicted molar refractivity (Wildman–Crippen MR) is 62.0 cm³/mol. The lowest BCUT2D eigenvalue weighted by atomic mass is 10.3. The van der Waals surface area contributed by atoms with Gasteiger partial charge >= 0.3 is 6.03 Å². The Hall–Kier alpha value is -1.62. The Morgan fingerprint density at radius 2 is 2.00 bits per heavy atom. The van der Waals surface area contributed by atoms with Gasteiger partial charge in [-0.2, -0.15) is 0 Å². The third-order valence-corrected chi connectivity index (χ3v) is 2.14. The van der Waals surface area contributed by atoms with E-state index in [9.17, 15) is 9.18 Å². The molecule has 0 radical (unpaired) electrons. The molecular formula is C11H16FN3O. The maximum Gasteiger partial charge on any atom is 0.321 e. The summed E-state index contributed by atoms with van der Waals surface area (Å²) in [6, 6.07) is 5.46. The number of rotatable bonds is 4. The summed E-state index contributed by atoms with van der Waals surface area (Å²) >= 11 is 0. The molecule has 0 aliphatic carbocycles. The minimum atomic E-state index is -0.318. The van der Waals surface area contributed by atoms with E-state index in [4.69, 9.17) is 0 Å². The first kappa shape index (κ1) is 12.4. The molecule has 1 rings (SSSR count). The van der Waals surface area contributed by atoms with Crippen LogP contribution in [0.25, 0.3) is 0 Å². The average molecular weight is 225 g/mol. The smallest absolute Gasteiger partial charge is 0.321 e. The van der Waals surface area contributed by atoms with Crippen LogP contribution in [0.3, 0.4) is 0 Å². The van der Waals surface area contributed by atoms with Crippen molar-refractivity contribution in [3.63, 3.8) is 0 Å². The number of hydrogen-bond donors (Lipinski definition) is 2. The first-order valence-electron chi connectivity index (χ1n) is 5.06. The zero-order chi connectivity index (χ0) is 12.0. The zero-order valence-electron chi connectivity index (χ0n) is 9.46. The maximum atomic E-state index is 12.6. The van der Waals surface area contributed by atoms with Crippen LogP contribution in [0.1, 0.15) is 0 Å². The molecule has 0 spiro atoms. The number of anilines is 1. The number of amides is 2. The van der Waals surface area contributed by atoms with Crippen LogP contribution in [0.2, 0.25) is 0 Å².